The summed E-state index contributed by atoms with van der Waals surface area (Å²) in [5, 5.41) is 7.55. The van der Waals surface area contributed by atoms with Crippen LogP contribution in [0.25, 0.3) is 0 Å². The summed E-state index contributed by atoms with van der Waals surface area (Å²) in [6, 6.07) is 9.15. The molecular formula is C21H20N4O3S2. The van der Waals surface area contributed by atoms with Crippen molar-refractivity contribution < 1.29 is 14.3 Å². The third-order valence-electron chi connectivity index (χ3n) is 4.75. The Labute approximate surface area is 182 Å². The van der Waals surface area contributed by atoms with Gasteiger partial charge < -0.3 is 15.0 Å². The second-order valence-electron chi connectivity index (χ2n) is 6.67. The largest absolute Gasteiger partial charge is 0.466 e. The predicted molar refractivity (Wildman–Crippen MR) is 117 cm³/mol. The number of nitrogens with one attached hydrogen (secondary N) is 1. The summed E-state index contributed by atoms with van der Waals surface area (Å²) in [7, 11) is 1.37. The normalized spacial score (nSPS) is 17.9. The van der Waals surface area contributed by atoms with E-state index in [0.29, 0.717) is 17.8 Å². The Morgan fingerprint density at radius 2 is 2.13 bits per heavy atom. The quantitative estimate of drug-likeness (QED) is 0.691. The van der Waals surface area contributed by atoms with E-state index in [1.165, 1.54) is 18.9 Å². The standard InChI is InChI=1S/C21H20N4O3S2/c1-13-18(20(27)28-2)19(16-7-5-9-29-16)25-15(12-30-21(25)24-13)10-17(26)23-11-14-6-3-4-8-22-14/h3-9,12,19H,10-11H2,1-2H3,(H,23,26)/t19-/m0/s1. The number of hydrogen-bond donors (Lipinski definition) is 1. The fraction of sp³-hybridized carbons (Fsp3) is 0.238. The SMILES string of the molecule is COC(=O)C1=C(C)N=C2SC=C(CC(=O)NCc3ccccn3)N2[C@H]1c1cccs1. The maximum Gasteiger partial charge on any atom is 0.338 e. The number of thiophene rings is 1. The van der Waals surface area contributed by atoms with Crippen molar-refractivity contribution in [3.8, 4) is 0 Å². The second kappa shape index (κ2) is 8.85. The maximum absolute atomic E-state index is 12.6. The number of carbonyl (C=O) groups excluding carboxylic acids is 2. The first-order valence-corrected chi connectivity index (χ1v) is 11.1. The molecule has 0 spiro atoms. The zero-order valence-corrected chi connectivity index (χ0v) is 18.1. The monoisotopic (exact) mass is 440 g/mol. The van der Waals surface area contributed by atoms with Crippen molar-refractivity contribution in [2.45, 2.75) is 25.9 Å². The number of aromatic nitrogens is 1. The molecule has 1 atom stereocenters. The van der Waals surface area contributed by atoms with Gasteiger partial charge in [-0.25, -0.2) is 9.79 Å². The van der Waals surface area contributed by atoms with E-state index < -0.39 is 5.97 Å². The molecular weight excluding hydrogens is 420 g/mol. The van der Waals surface area contributed by atoms with Gasteiger partial charge in [-0.15, -0.1) is 11.3 Å². The number of fused-ring (bicyclic) bond motifs is 1. The smallest absolute Gasteiger partial charge is 0.338 e. The Kier molecular flexibility index (Phi) is 6.01. The van der Waals surface area contributed by atoms with Gasteiger partial charge in [0, 0.05) is 16.8 Å². The zero-order chi connectivity index (χ0) is 21.1. The first kappa shape index (κ1) is 20.4. The second-order valence-corrected chi connectivity index (χ2v) is 8.49. The van der Waals surface area contributed by atoms with Gasteiger partial charge in [-0.2, -0.15) is 0 Å². The van der Waals surface area contributed by atoms with Crippen molar-refractivity contribution in [3.63, 3.8) is 0 Å². The van der Waals surface area contributed by atoms with Gasteiger partial charge in [-0.3, -0.25) is 9.78 Å². The van der Waals surface area contributed by atoms with Crippen molar-refractivity contribution in [2.75, 3.05) is 7.11 Å². The number of hydrogen-bond acceptors (Lipinski definition) is 8. The molecule has 0 saturated heterocycles. The highest BCUT2D eigenvalue weighted by atomic mass is 32.2. The van der Waals surface area contributed by atoms with E-state index in [-0.39, 0.29) is 18.4 Å². The number of allylic oxidation sites excluding steroid dienone is 1. The Balaban J connectivity index is 1.56. The maximum atomic E-state index is 12.6. The average Bonchev–Trinajstić information content (AvgIpc) is 3.42. The number of rotatable bonds is 6. The molecule has 0 aromatic carbocycles. The van der Waals surface area contributed by atoms with Gasteiger partial charge in [0.1, 0.15) is 6.04 Å². The average molecular weight is 441 g/mol. The molecule has 0 radical (unpaired) electrons. The first-order chi connectivity index (χ1) is 14.6. The van der Waals surface area contributed by atoms with E-state index >= 15 is 0 Å². The molecule has 7 nitrogen and oxygen atoms in total. The van der Waals surface area contributed by atoms with Crippen LogP contribution in [0.3, 0.4) is 0 Å². The highest BCUT2D eigenvalue weighted by Gasteiger charge is 2.41. The molecule has 30 heavy (non-hydrogen) atoms. The van der Waals surface area contributed by atoms with Crippen LogP contribution in [-0.4, -0.2) is 34.0 Å². The van der Waals surface area contributed by atoms with Crippen LogP contribution in [0.1, 0.15) is 30.0 Å². The molecule has 4 rings (SSSR count). The van der Waals surface area contributed by atoms with Crippen molar-refractivity contribution in [3.05, 3.63) is 74.9 Å². The minimum atomic E-state index is -0.412. The number of pyridine rings is 1. The number of thioether (sulfide) groups is 1. The lowest BCUT2D eigenvalue weighted by Crippen LogP contribution is -2.37. The molecule has 9 heteroatoms. The first-order valence-electron chi connectivity index (χ1n) is 9.31. The summed E-state index contributed by atoms with van der Waals surface area (Å²) in [6.45, 7) is 2.18. The molecule has 2 aromatic heterocycles. The number of methoxy groups -OCH3 is 1. The molecule has 2 aliphatic rings. The van der Waals surface area contributed by atoms with E-state index in [1.54, 1.807) is 17.5 Å². The van der Waals surface area contributed by atoms with Crippen LogP contribution in [0.2, 0.25) is 0 Å². The van der Waals surface area contributed by atoms with Gasteiger partial charge in [0.05, 0.1) is 37.0 Å². The Bertz CT molecular complexity index is 1050. The zero-order valence-electron chi connectivity index (χ0n) is 16.5. The molecule has 0 saturated carbocycles. The molecule has 2 aromatic rings. The molecule has 0 bridgehead atoms. The number of carbonyl (C=O) groups is 2. The van der Waals surface area contributed by atoms with Gasteiger partial charge in [-0.1, -0.05) is 23.9 Å². The van der Waals surface area contributed by atoms with Crippen LogP contribution in [-0.2, 0) is 20.9 Å². The summed E-state index contributed by atoms with van der Waals surface area (Å²) < 4.78 is 5.04. The molecule has 0 aliphatic carbocycles. The number of ether oxygens (including phenoxy) is 1. The van der Waals surface area contributed by atoms with E-state index in [0.717, 1.165) is 21.4 Å². The molecule has 4 heterocycles. The fourth-order valence-electron chi connectivity index (χ4n) is 3.38. The Morgan fingerprint density at radius 1 is 1.27 bits per heavy atom. The summed E-state index contributed by atoms with van der Waals surface area (Å²) in [5.41, 5.74) is 2.72. The van der Waals surface area contributed by atoms with Crippen molar-refractivity contribution in [2.24, 2.45) is 4.99 Å². The molecule has 154 valence electrons. The highest BCUT2D eigenvalue weighted by molar-refractivity contribution is 8.16. The summed E-state index contributed by atoms with van der Waals surface area (Å²) in [6.07, 6.45) is 1.87. The van der Waals surface area contributed by atoms with Crippen LogP contribution in [0.4, 0.5) is 0 Å². The number of amides is 1. The number of aliphatic imine (C=N–C) groups is 1. The molecule has 1 N–H and O–H groups in total. The summed E-state index contributed by atoms with van der Waals surface area (Å²) in [4.78, 5) is 37.0. The predicted octanol–water partition coefficient (Wildman–Crippen LogP) is 3.60. The Morgan fingerprint density at radius 3 is 2.83 bits per heavy atom. The molecule has 0 unspecified atom stereocenters. The summed E-state index contributed by atoms with van der Waals surface area (Å²) in [5.74, 6) is -0.533. The third-order valence-corrected chi connectivity index (χ3v) is 6.57. The van der Waals surface area contributed by atoms with Crippen LogP contribution in [0.15, 0.2) is 69.3 Å². The lowest BCUT2D eigenvalue weighted by Gasteiger charge is -2.35. The summed E-state index contributed by atoms with van der Waals surface area (Å²) >= 11 is 3.01. The van der Waals surface area contributed by atoms with Crippen molar-refractivity contribution in [1.82, 2.24) is 15.2 Å². The highest BCUT2D eigenvalue weighted by Crippen LogP contribution is 2.45. The number of amidine groups is 1. The lowest BCUT2D eigenvalue weighted by molar-refractivity contribution is -0.136. The van der Waals surface area contributed by atoms with Gasteiger partial charge >= 0.3 is 5.97 Å². The fourth-order valence-corrected chi connectivity index (χ4v) is 5.16. The molecule has 2 aliphatic heterocycles. The topological polar surface area (TPSA) is 83.9 Å². The van der Waals surface area contributed by atoms with Gasteiger partial charge in [0.15, 0.2) is 5.17 Å². The van der Waals surface area contributed by atoms with Gasteiger partial charge in [-0.05, 0) is 35.9 Å². The van der Waals surface area contributed by atoms with E-state index in [1.807, 2.05) is 52.9 Å². The molecule has 0 fully saturated rings. The van der Waals surface area contributed by atoms with Gasteiger partial charge in [0.2, 0.25) is 5.91 Å². The minimum absolute atomic E-state index is 0.121. The van der Waals surface area contributed by atoms with E-state index in [2.05, 4.69) is 15.3 Å². The number of esters is 1. The van der Waals surface area contributed by atoms with Crippen LogP contribution in [0, 0.1) is 0 Å². The minimum Gasteiger partial charge on any atom is -0.466 e. The molecule has 1 amide bonds. The lowest BCUT2D eigenvalue weighted by atomic mass is 9.99. The van der Waals surface area contributed by atoms with Crippen LogP contribution in [0.5, 0.6) is 0 Å². The van der Waals surface area contributed by atoms with E-state index in [4.69, 9.17) is 4.74 Å². The number of nitrogens with zero attached hydrogens (tertiary/aromatic N) is 3. The van der Waals surface area contributed by atoms with Crippen LogP contribution < -0.4 is 5.32 Å². The van der Waals surface area contributed by atoms with Crippen molar-refractivity contribution in [1.29, 1.82) is 0 Å². The van der Waals surface area contributed by atoms with E-state index in [9.17, 15) is 9.59 Å². The van der Waals surface area contributed by atoms with Crippen molar-refractivity contribution >= 4 is 40.1 Å². The Hall–Kier alpha value is -2.91. The van der Waals surface area contributed by atoms with Gasteiger partial charge in [0.25, 0.3) is 0 Å². The van der Waals surface area contributed by atoms with Crippen LogP contribution >= 0.6 is 23.1 Å². The third kappa shape index (κ3) is 4.03.